The van der Waals surface area contributed by atoms with Crippen molar-refractivity contribution in [2.24, 2.45) is 23.7 Å². The first-order chi connectivity index (χ1) is 6.56. The summed E-state index contributed by atoms with van der Waals surface area (Å²) >= 11 is 0. The lowest BCUT2D eigenvalue weighted by atomic mass is 9.73. The van der Waals surface area contributed by atoms with Gasteiger partial charge >= 0.3 is 0 Å². The van der Waals surface area contributed by atoms with Crippen molar-refractivity contribution >= 4 is 0 Å². The van der Waals surface area contributed by atoms with Crippen molar-refractivity contribution in [1.29, 1.82) is 0 Å². The molecule has 1 fully saturated rings. The van der Waals surface area contributed by atoms with Crippen molar-refractivity contribution < 1.29 is 9.84 Å². The van der Waals surface area contributed by atoms with Gasteiger partial charge in [-0.05, 0) is 23.7 Å². The highest BCUT2D eigenvalue weighted by Crippen LogP contribution is 2.36. The number of hydrogen-bond acceptors (Lipinski definition) is 2. The molecule has 0 bridgehead atoms. The maximum absolute atomic E-state index is 9.48. The summed E-state index contributed by atoms with van der Waals surface area (Å²) in [5.74, 6) is 2.60. The molecule has 4 atom stereocenters. The van der Waals surface area contributed by atoms with Gasteiger partial charge in [-0.15, -0.1) is 0 Å². The number of ether oxygens (including phenoxy) is 1. The average Bonchev–Trinajstić information content (AvgIpc) is 2.16. The summed E-state index contributed by atoms with van der Waals surface area (Å²) in [6, 6.07) is 0. The molecule has 0 aromatic rings. The normalized spacial score (nSPS) is 36.0. The van der Waals surface area contributed by atoms with E-state index >= 15 is 0 Å². The Balaban J connectivity index is 2.62. The van der Waals surface area contributed by atoms with Gasteiger partial charge in [-0.3, -0.25) is 0 Å². The van der Waals surface area contributed by atoms with Crippen molar-refractivity contribution in [2.45, 2.75) is 46.8 Å². The van der Waals surface area contributed by atoms with Gasteiger partial charge in [0.1, 0.15) is 0 Å². The van der Waals surface area contributed by atoms with Crippen molar-refractivity contribution in [3.8, 4) is 0 Å². The molecule has 1 saturated heterocycles. The Morgan fingerprint density at radius 1 is 1.29 bits per heavy atom. The first-order valence-electron chi connectivity index (χ1n) is 5.85. The van der Waals surface area contributed by atoms with Crippen LogP contribution >= 0.6 is 0 Å². The third-order valence-electron chi connectivity index (χ3n) is 3.74. The van der Waals surface area contributed by atoms with Crippen LogP contribution in [0.2, 0.25) is 0 Å². The van der Waals surface area contributed by atoms with Crippen LogP contribution in [0, 0.1) is 23.7 Å². The Morgan fingerprint density at radius 3 is 2.43 bits per heavy atom. The second-order valence-electron chi connectivity index (χ2n) is 4.98. The minimum atomic E-state index is -0.525. The molecule has 0 saturated carbocycles. The second kappa shape index (κ2) is 5.13. The van der Waals surface area contributed by atoms with E-state index in [0.29, 0.717) is 23.7 Å². The van der Waals surface area contributed by atoms with Gasteiger partial charge in [-0.1, -0.05) is 34.1 Å². The molecule has 1 aliphatic rings. The Kier molecular flexibility index (Phi) is 4.39. The summed E-state index contributed by atoms with van der Waals surface area (Å²) in [4.78, 5) is 0. The average molecular weight is 200 g/mol. The van der Waals surface area contributed by atoms with Gasteiger partial charge in [0.05, 0.1) is 6.61 Å². The van der Waals surface area contributed by atoms with E-state index < -0.39 is 6.29 Å². The number of rotatable bonds is 3. The zero-order valence-electron chi connectivity index (χ0n) is 9.86. The van der Waals surface area contributed by atoms with Crippen LogP contribution in [-0.4, -0.2) is 18.0 Å². The van der Waals surface area contributed by atoms with Crippen LogP contribution in [0.4, 0.5) is 0 Å². The maximum Gasteiger partial charge on any atom is 0.154 e. The molecular weight excluding hydrogens is 176 g/mol. The summed E-state index contributed by atoms with van der Waals surface area (Å²) in [5, 5.41) is 9.48. The Morgan fingerprint density at radius 2 is 1.93 bits per heavy atom. The highest BCUT2D eigenvalue weighted by Gasteiger charge is 2.34. The van der Waals surface area contributed by atoms with Crippen molar-refractivity contribution in [1.82, 2.24) is 0 Å². The molecule has 14 heavy (non-hydrogen) atoms. The molecule has 0 aromatic heterocycles. The fourth-order valence-corrected chi connectivity index (χ4v) is 2.48. The molecule has 4 unspecified atom stereocenters. The zero-order chi connectivity index (χ0) is 10.7. The molecule has 0 radical (unpaired) electrons. The predicted molar refractivity (Wildman–Crippen MR) is 57.8 cm³/mol. The summed E-state index contributed by atoms with van der Waals surface area (Å²) in [7, 11) is 0. The third-order valence-corrected chi connectivity index (χ3v) is 3.74. The van der Waals surface area contributed by atoms with E-state index in [1.165, 1.54) is 6.42 Å². The SMILES string of the molecule is CCC(C)C1COC(O)CC1C(C)C. The van der Waals surface area contributed by atoms with Crippen LogP contribution < -0.4 is 0 Å². The molecule has 0 spiro atoms. The molecule has 2 heteroatoms. The van der Waals surface area contributed by atoms with Crippen LogP contribution in [-0.2, 0) is 4.74 Å². The Bertz CT molecular complexity index is 168. The molecule has 84 valence electrons. The third kappa shape index (κ3) is 2.71. The maximum atomic E-state index is 9.48. The van der Waals surface area contributed by atoms with Gasteiger partial charge in [0.15, 0.2) is 6.29 Å². The van der Waals surface area contributed by atoms with E-state index in [1.807, 2.05) is 0 Å². The minimum Gasteiger partial charge on any atom is -0.368 e. The summed E-state index contributed by atoms with van der Waals surface area (Å²) < 4.78 is 5.35. The first kappa shape index (κ1) is 12.0. The van der Waals surface area contributed by atoms with Crippen LogP contribution in [0.1, 0.15) is 40.5 Å². The smallest absolute Gasteiger partial charge is 0.154 e. The quantitative estimate of drug-likeness (QED) is 0.759. The standard InChI is InChI=1S/C12H24O2/c1-5-9(4)11-7-14-12(13)6-10(11)8(2)3/h8-13H,5-7H2,1-4H3. The Hall–Kier alpha value is -0.0800. The highest BCUT2D eigenvalue weighted by molar-refractivity contribution is 4.80. The lowest BCUT2D eigenvalue weighted by Gasteiger charge is -2.39. The van der Waals surface area contributed by atoms with Gasteiger partial charge in [0.2, 0.25) is 0 Å². The van der Waals surface area contributed by atoms with Crippen LogP contribution in [0.15, 0.2) is 0 Å². The molecule has 1 rings (SSSR count). The first-order valence-corrected chi connectivity index (χ1v) is 5.85. The molecular formula is C12H24O2. The molecule has 1 N–H and O–H groups in total. The summed E-state index contributed by atoms with van der Waals surface area (Å²) in [6.45, 7) is 9.75. The van der Waals surface area contributed by atoms with Gasteiger partial charge < -0.3 is 9.84 Å². The lowest BCUT2D eigenvalue weighted by Crippen LogP contribution is -2.39. The van der Waals surface area contributed by atoms with Crippen molar-refractivity contribution in [2.75, 3.05) is 6.61 Å². The topological polar surface area (TPSA) is 29.5 Å². The van der Waals surface area contributed by atoms with E-state index in [-0.39, 0.29) is 0 Å². The van der Waals surface area contributed by atoms with E-state index in [0.717, 1.165) is 13.0 Å². The van der Waals surface area contributed by atoms with E-state index in [2.05, 4.69) is 27.7 Å². The molecule has 2 nitrogen and oxygen atoms in total. The molecule has 0 amide bonds. The summed E-state index contributed by atoms with van der Waals surface area (Å²) in [6.07, 6.45) is 1.49. The van der Waals surface area contributed by atoms with Crippen LogP contribution in [0.3, 0.4) is 0 Å². The molecule has 0 aliphatic carbocycles. The molecule has 1 aliphatic heterocycles. The summed E-state index contributed by atoms with van der Waals surface area (Å²) in [5.41, 5.74) is 0. The second-order valence-corrected chi connectivity index (χ2v) is 4.98. The lowest BCUT2D eigenvalue weighted by molar-refractivity contribution is -0.172. The van der Waals surface area contributed by atoms with Crippen LogP contribution in [0.25, 0.3) is 0 Å². The van der Waals surface area contributed by atoms with E-state index in [9.17, 15) is 5.11 Å². The minimum absolute atomic E-state index is 0.525. The van der Waals surface area contributed by atoms with Gasteiger partial charge in [-0.2, -0.15) is 0 Å². The highest BCUT2D eigenvalue weighted by atomic mass is 16.6. The van der Waals surface area contributed by atoms with Gasteiger partial charge in [0.25, 0.3) is 0 Å². The van der Waals surface area contributed by atoms with Crippen molar-refractivity contribution in [3.05, 3.63) is 0 Å². The number of aliphatic hydroxyl groups excluding tert-OH is 1. The van der Waals surface area contributed by atoms with Crippen molar-refractivity contribution in [3.63, 3.8) is 0 Å². The fourth-order valence-electron chi connectivity index (χ4n) is 2.48. The number of hydrogen-bond donors (Lipinski definition) is 1. The molecule has 0 aromatic carbocycles. The zero-order valence-corrected chi connectivity index (χ0v) is 9.86. The molecule has 1 heterocycles. The van der Waals surface area contributed by atoms with E-state index in [1.54, 1.807) is 0 Å². The van der Waals surface area contributed by atoms with E-state index in [4.69, 9.17) is 4.74 Å². The largest absolute Gasteiger partial charge is 0.368 e. The predicted octanol–water partition coefficient (Wildman–Crippen LogP) is 2.66. The van der Waals surface area contributed by atoms with Crippen LogP contribution in [0.5, 0.6) is 0 Å². The monoisotopic (exact) mass is 200 g/mol. The fraction of sp³-hybridized carbons (Fsp3) is 1.00. The number of aliphatic hydroxyl groups is 1. The Labute approximate surface area is 87.7 Å². The van der Waals surface area contributed by atoms with Gasteiger partial charge in [-0.25, -0.2) is 0 Å². The van der Waals surface area contributed by atoms with Gasteiger partial charge in [0, 0.05) is 6.42 Å².